The predicted octanol–water partition coefficient (Wildman–Crippen LogP) is 4.42. The number of carbonyl (C=O) groups is 1. The minimum atomic E-state index is -4.66. The molecule has 1 aliphatic rings. The van der Waals surface area contributed by atoms with Crippen molar-refractivity contribution >= 4 is 17.5 Å². The van der Waals surface area contributed by atoms with Crippen LogP contribution in [0.2, 0.25) is 5.02 Å². The Balaban J connectivity index is 1.61. The van der Waals surface area contributed by atoms with E-state index in [4.69, 9.17) is 16.3 Å². The van der Waals surface area contributed by atoms with Gasteiger partial charge in [0, 0.05) is 18.3 Å². The summed E-state index contributed by atoms with van der Waals surface area (Å²) in [6, 6.07) is 6.79. The molecule has 0 radical (unpaired) electrons. The zero-order valence-electron chi connectivity index (χ0n) is 16.9. The molecule has 0 aliphatic carbocycles. The fourth-order valence-electron chi connectivity index (χ4n) is 3.27. The van der Waals surface area contributed by atoms with Gasteiger partial charge in [0.05, 0.1) is 29.0 Å². The molecule has 4 rings (SSSR count). The minimum absolute atomic E-state index is 0.0454. The third-order valence-electron chi connectivity index (χ3n) is 5.02. The van der Waals surface area contributed by atoms with Crippen molar-refractivity contribution in [3.05, 3.63) is 69.9 Å². The van der Waals surface area contributed by atoms with E-state index in [0.29, 0.717) is 17.1 Å². The molecule has 3 aromatic rings. The molecule has 170 valence electrons. The number of aromatic nitrogens is 3. The molecule has 2 aromatic heterocycles. The molecule has 12 heteroatoms. The number of hydrogen-bond acceptors (Lipinski definition) is 5. The number of amides is 1. The molecule has 0 saturated carbocycles. The number of carbonyl (C=O) groups excluding carboxylic acids is 1. The van der Waals surface area contributed by atoms with Gasteiger partial charge in [-0.05, 0) is 31.2 Å². The molecule has 0 saturated heterocycles. The number of nitrogens with zero attached hydrogens (tertiary/aromatic N) is 5. The first-order valence-corrected chi connectivity index (χ1v) is 9.91. The van der Waals surface area contributed by atoms with E-state index in [-0.39, 0.29) is 35.0 Å². The molecule has 0 unspecified atom stereocenters. The van der Waals surface area contributed by atoms with Crippen LogP contribution in [0, 0.1) is 17.1 Å². The first-order chi connectivity index (χ1) is 15.6. The summed E-state index contributed by atoms with van der Waals surface area (Å²) in [5, 5.41) is 13.3. The van der Waals surface area contributed by atoms with Gasteiger partial charge in [-0.3, -0.25) is 4.79 Å². The summed E-state index contributed by atoms with van der Waals surface area (Å²) in [7, 11) is 0. The van der Waals surface area contributed by atoms with Crippen LogP contribution in [0.25, 0.3) is 5.82 Å². The number of alkyl halides is 3. The van der Waals surface area contributed by atoms with Gasteiger partial charge in [-0.15, -0.1) is 0 Å². The van der Waals surface area contributed by atoms with E-state index in [1.54, 1.807) is 12.3 Å². The lowest BCUT2D eigenvalue weighted by atomic mass is 10.1. The number of fused-ring (bicyclic) bond motifs is 1. The number of benzene rings is 1. The molecule has 33 heavy (non-hydrogen) atoms. The zero-order valence-corrected chi connectivity index (χ0v) is 17.7. The van der Waals surface area contributed by atoms with Crippen molar-refractivity contribution in [2.24, 2.45) is 0 Å². The maximum absolute atomic E-state index is 13.2. The largest absolute Gasteiger partial charge is 0.480 e. The van der Waals surface area contributed by atoms with E-state index in [1.807, 2.05) is 0 Å². The molecule has 0 fully saturated rings. The Hall–Kier alpha value is -3.65. The van der Waals surface area contributed by atoms with Crippen LogP contribution in [-0.2, 0) is 13.1 Å². The normalized spacial score (nSPS) is 14.0. The molecule has 0 N–H and O–H groups in total. The Morgan fingerprint density at radius 1 is 1.27 bits per heavy atom. The Morgan fingerprint density at radius 2 is 2.03 bits per heavy atom. The van der Waals surface area contributed by atoms with Gasteiger partial charge in [0.2, 0.25) is 0 Å². The van der Waals surface area contributed by atoms with Crippen molar-refractivity contribution in [3.8, 4) is 17.6 Å². The summed E-state index contributed by atoms with van der Waals surface area (Å²) in [6.07, 6.45) is -4.19. The molecule has 3 heterocycles. The van der Waals surface area contributed by atoms with Gasteiger partial charge in [-0.2, -0.15) is 23.5 Å². The molecular formula is C21H14ClF4N5O2. The molecule has 0 bridgehead atoms. The minimum Gasteiger partial charge on any atom is -0.480 e. The maximum atomic E-state index is 13.2. The second-order valence-corrected chi connectivity index (χ2v) is 7.63. The van der Waals surface area contributed by atoms with E-state index in [9.17, 15) is 27.6 Å². The fourth-order valence-corrected chi connectivity index (χ4v) is 3.55. The van der Waals surface area contributed by atoms with Gasteiger partial charge in [0.25, 0.3) is 5.91 Å². The first kappa shape index (κ1) is 22.5. The number of nitriles is 1. The number of hydrogen-bond donors (Lipinski definition) is 0. The van der Waals surface area contributed by atoms with Crippen LogP contribution in [-0.4, -0.2) is 37.9 Å². The monoisotopic (exact) mass is 479 g/mol. The molecule has 1 aromatic carbocycles. The molecule has 1 atom stereocenters. The highest BCUT2D eigenvalue weighted by molar-refractivity contribution is 6.35. The Morgan fingerprint density at radius 3 is 2.64 bits per heavy atom. The van der Waals surface area contributed by atoms with E-state index >= 15 is 0 Å². The van der Waals surface area contributed by atoms with Gasteiger partial charge < -0.3 is 9.64 Å². The number of pyridine rings is 1. The summed E-state index contributed by atoms with van der Waals surface area (Å²) in [6.45, 7) is 0.943. The third kappa shape index (κ3) is 4.34. The Kier molecular flexibility index (Phi) is 5.71. The van der Waals surface area contributed by atoms with Crippen molar-refractivity contribution in [2.45, 2.75) is 32.3 Å². The van der Waals surface area contributed by atoms with Crippen molar-refractivity contribution in [1.29, 1.82) is 5.26 Å². The second kappa shape index (κ2) is 8.37. The van der Waals surface area contributed by atoms with Gasteiger partial charge in [0.15, 0.2) is 11.9 Å². The van der Waals surface area contributed by atoms with E-state index < -0.39 is 24.0 Å². The standard InChI is InChI=1S/C21H14ClF4N5O2/c1-11(21(24,25)26)33-16-4-2-12(6-27)19(22)18(16)20(32)30-8-13-9-31(29-15(13)10-30)17-5-3-14(23)7-28-17/h2-5,7,9,11H,8,10H2,1H3/t11-/m1/s1. The highest BCUT2D eigenvalue weighted by Gasteiger charge is 2.39. The lowest BCUT2D eigenvalue weighted by Crippen LogP contribution is -2.33. The Bertz CT molecular complexity index is 1240. The summed E-state index contributed by atoms with van der Waals surface area (Å²) in [4.78, 5) is 18.5. The van der Waals surface area contributed by atoms with Crippen LogP contribution in [0.3, 0.4) is 0 Å². The average Bonchev–Trinajstić information content (AvgIpc) is 3.33. The Labute approximate surface area is 189 Å². The predicted molar refractivity (Wildman–Crippen MR) is 107 cm³/mol. The fraction of sp³-hybridized carbons (Fsp3) is 0.238. The third-order valence-corrected chi connectivity index (χ3v) is 5.41. The smallest absolute Gasteiger partial charge is 0.425 e. The summed E-state index contributed by atoms with van der Waals surface area (Å²) < 4.78 is 58.5. The lowest BCUT2D eigenvalue weighted by Gasteiger charge is -2.23. The molecule has 1 aliphatic heterocycles. The number of ether oxygens (including phenoxy) is 1. The van der Waals surface area contributed by atoms with Gasteiger partial charge >= 0.3 is 6.18 Å². The van der Waals surface area contributed by atoms with E-state index in [1.165, 1.54) is 27.8 Å². The van der Waals surface area contributed by atoms with Crippen LogP contribution in [0.5, 0.6) is 5.75 Å². The van der Waals surface area contributed by atoms with Crippen LogP contribution in [0.4, 0.5) is 17.6 Å². The highest BCUT2D eigenvalue weighted by Crippen LogP contribution is 2.35. The molecule has 0 spiro atoms. The van der Waals surface area contributed by atoms with Gasteiger partial charge in [0.1, 0.15) is 23.2 Å². The van der Waals surface area contributed by atoms with Crippen molar-refractivity contribution in [1.82, 2.24) is 19.7 Å². The van der Waals surface area contributed by atoms with Gasteiger partial charge in [-0.1, -0.05) is 11.6 Å². The molecule has 1 amide bonds. The van der Waals surface area contributed by atoms with Crippen LogP contribution < -0.4 is 4.74 Å². The number of rotatable bonds is 4. The number of halogens is 5. The van der Waals surface area contributed by atoms with Crippen molar-refractivity contribution < 1.29 is 27.1 Å². The van der Waals surface area contributed by atoms with Crippen molar-refractivity contribution in [2.75, 3.05) is 0 Å². The molecule has 7 nitrogen and oxygen atoms in total. The van der Waals surface area contributed by atoms with Crippen molar-refractivity contribution in [3.63, 3.8) is 0 Å². The lowest BCUT2D eigenvalue weighted by molar-refractivity contribution is -0.189. The van der Waals surface area contributed by atoms with Crippen LogP contribution in [0.1, 0.15) is 34.1 Å². The van der Waals surface area contributed by atoms with E-state index in [2.05, 4.69) is 10.1 Å². The maximum Gasteiger partial charge on any atom is 0.425 e. The van der Waals surface area contributed by atoms with Gasteiger partial charge in [-0.25, -0.2) is 14.1 Å². The summed E-state index contributed by atoms with van der Waals surface area (Å²) >= 11 is 6.20. The SMILES string of the molecule is C[C@@H](Oc1ccc(C#N)c(Cl)c1C(=O)N1Cc2cn(-c3ccc(F)cn3)nc2C1)C(F)(F)F. The van der Waals surface area contributed by atoms with Crippen LogP contribution in [0.15, 0.2) is 36.7 Å². The molecular weight excluding hydrogens is 466 g/mol. The van der Waals surface area contributed by atoms with Crippen LogP contribution >= 0.6 is 11.6 Å². The summed E-state index contributed by atoms with van der Waals surface area (Å²) in [5.74, 6) is -1.19. The highest BCUT2D eigenvalue weighted by atomic mass is 35.5. The first-order valence-electron chi connectivity index (χ1n) is 9.53. The topological polar surface area (TPSA) is 84.0 Å². The average molecular weight is 480 g/mol. The second-order valence-electron chi connectivity index (χ2n) is 7.26. The quantitative estimate of drug-likeness (QED) is 0.517. The summed E-state index contributed by atoms with van der Waals surface area (Å²) in [5.41, 5.74) is 0.808. The zero-order chi connectivity index (χ0) is 23.9. The van der Waals surface area contributed by atoms with E-state index in [0.717, 1.165) is 19.2 Å².